The number of nitrogens with zero attached hydrogens (tertiary/aromatic N) is 3. The van der Waals surface area contributed by atoms with E-state index in [9.17, 15) is 0 Å². The number of pyridine rings is 1. The van der Waals surface area contributed by atoms with Crippen LogP contribution in [0, 0.1) is 0 Å². The van der Waals surface area contributed by atoms with Crippen molar-refractivity contribution in [1.82, 2.24) is 19.9 Å². The second-order valence-corrected chi connectivity index (χ2v) is 4.19. The van der Waals surface area contributed by atoms with Crippen molar-refractivity contribution in [3.05, 3.63) is 47.3 Å². The third-order valence-corrected chi connectivity index (χ3v) is 2.79. The van der Waals surface area contributed by atoms with Crippen LogP contribution in [0.15, 0.2) is 31.0 Å². The van der Waals surface area contributed by atoms with Crippen molar-refractivity contribution in [1.29, 1.82) is 0 Å². The molecule has 2 aromatic heterocycles. The van der Waals surface area contributed by atoms with Crippen molar-refractivity contribution in [2.75, 3.05) is 6.54 Å². The van der Waals surface area contributed by atoms with Crippen molar-refractivity contribution < 1.29 is 0 Å². The summed E-state index contributed by atoms with van der Waals surface area (Å²) >= 11 is 6.06. The van der Waals surface area contributed by atoms with Crippen molar-refractivity contribution in [2.24, 2.45) is 0 Å². The van der Waals surface area contributed by atoms with E-state index in [-0.39, 0.29) is 0 Å². The van der Waals surface area contributed by atoms with E-state index in [1.807, 2.05) is 23.2 Å². The van der Waals surface area contributed by atoms with E-state index in [2.05, 4.69) is 22.2 Å². The lowest BCUT2D eigenvalue weighted by atomic mass is 10.2. The van der Waals surface area contributed by atoms with Crippen LogP contribution in [0.2, 0.25) is 5.02 Å². The zero-order chi connectivity index (χ0) is 12.1. The fourth-order valence-electron chi connectivity index (χ4n) is 1.57. The Kier molecular flexibility index (Phi) is 4.12. The normalized spacial score (nSPS) is 10.7. The molecular formula is C12H15ClN4. The Balaban J connectivity index is 2.04. The summed E-state index contributed by atoms with van der Waals surface area (Å²) in [6, 6.07) is 1.92. The molecule has 0 aromatic carbocycles. The Labute approximate surface area is 106 Å². The molecule has 5 heteroatoms. The minimum Gasteiger partial charge on any atom is -0.333 e. The molecule has 0 fully saturated rings. The van der Waals surface area contributed by atoms with Gasteiger partial charge in [-0.05, 0) is 18.2 Å². The third-order valence-electron chi connectivity index (χ3n) is 2.45. The van der Waals surface area contributed by atoms with Crippen LogP contribution in [0.4, 0.5) is 0 Å². The van der Waals surface area contributed by atoms with Gasteiger partial charge in [0.25, 0.3) is 0 Å². The summed E-state index contributed by atoms with van der Waals surface area (Å²) < 4.78 is 2.02. The quantitative estimate of drug-likeness (QED) is 0.884. The minimum absolute atomic E-state index is 0.689. The van der Waals surface area contributed by atoms with Crippen LogP contribution in [0.3, 0.4) is 0 Å². The fraction of sp³-hybridized carbons (Fsp3) is 0.333. The van der Waals surface area contributed by atoms with Crippen LogP contribution in [-0.4, -0.2) is 21.1 Å². The van der Waals surface area contributed by atoms with Crippen LogP contribution < -0.4 is 5.32 Å². The Morgan fingerprint density at radius 3 is 3.12 bits per heavy atom. The van der Waals surface area contributed by atoms with Crippen molar-refractivity contribution in [2.45, 2.75) is 20.0 Å². The van der Waals surface area contributed by atoms with Gasteiger partial charge in [0.2, 0.25) is 0 Å². The molecule has 1 N–H and O–H groups in total. The maximum atomic E-state index is 6.06. The topological polar surface area (TPSA) is 42.7 Å². The molecular weight excluding hydrogens is 236 g/mol. The van der Waals surface area contributed by atoms with E-state index < -0.39 is 0 Å². The molecule has 17 heavy (non-hydrogen) atoms. The van der Waals surface area contributed by atoms with Gasteiger partial charge in [-0.2, -0.15) is 0 Å². The molecule has 2 heterocycles. The number of rotatable bonds is 5. The van der Waals surface area contributed by atoms with Gasteiger partial charge in [0.1, 0.15) is 0 Å². The number of halogens is 1. The van der Waals surface area contributed by atoms with E-state index in [1.54, 1.807) is 12.4 Å². The highest BCUT2D eigenvalue weighted by Gasteiger charge is 2.02. The Morgan fingerprint density at radius 1 is 1.47 bits per heavy atom. The zero-order valence-electron chi connectivity index (χ0n) is 9.73. The van der Waals surface area contributed by atoms with Gasteiger partial charge in [-0.15, -0.1) is 0 Å². The van der Waals surface area contributed by atoms with Gasteiger partial charge in [0.15, 0.2) is 0 Å². The number of imidazole rings is 1. The summed E-state index contributed by atoms with van der Waals surface area (Å²) in [4.78, 5) is 8.29. The summed E-state index contributed by atoms with van der Waals surface area (Å²) in [6.45, 7) is 4.55. The highest BCUT2D eigenvalue weighted by molar-refractivity contribution is 6.31. The molecule has 90 valence electrons. The van der Waals surface area contributed by atoms with Crippen LogP contribution in [-0.2, 0) is 13.1 Å². The van der Waals surface area contributed by atoms with E-state index in [4.69, 9.17) is 11.6 Å². The molecule has 0 aliphatic rings. The fourth-order valence-corrected chi connectivity index (χ4v) is 1.75. The van der Waals surface area contributed by atoms with Crippen LogP contribution in [0.1, 0.15) is 18.2 Å². The number of hydrogen-bond donors (Lipinski definition) is 1. The minimum atomic E-state index is 0.689. The van der Waals surface area contributed by atoms with Crippen molar-refractivity contribution in [3.8, 4) is 0 Å². The number of nitrogens with one attached hydrogen (secondary N) is 1. The first-order valence-electron chi connectivity index (χ1n) is 5.59. The van der Waals surface area contributed by atoms with Gasteiger partial charge in [-0.25, -0.2) is 4.98 Å². The number of hydrogen-bond acceptors (Lipinski definition) is 3. The average molecular weight is 251 g/mol. The number of aromatic nitrogens is 3. The summed E-state index contributed by atoms with van der Waals surface area (Å²) in [6.07, 6.45) is 7.26. The molecule has 2 aromatic rings. The van der Waals surface area contributed by atoms with Crippen molar-refractivity contribution in [3.63, 3.8) is 0 Å². The Morgan fingerprint density at radius 2 is 2.35 bits per heavy atom. The average Bonchev–Trinajstić information content (AvgIpc) is 2.77. The predicted molar refractivity (Wildman–Crippen MR) is 68.0 cm³/mol. The maximum absolute atomic E-state index is 6.06. The smallest absolute Gasteiger partial charge is 0.0953 e. The van der Waals surface area contributed by atoms with Gasteiger partial charge in [0, 0.05) is 25.1 Å². The Bertz CT molecular complexity index is 481. The summed E-state index contributed by atoms with van der Waals surface area (Å²) in [7, 11) is 0. The highest BCUT2D eigenvalue weighted by atomic mass is 35.5. The third kappa shape index (κ3) is 3.28. The van der Waals surface area contributed by atoms with Crippen molar-refractivity contribution >= 4 is 11.6 Å². The van der Waals surface area contributed by atoms with Gasteiger partial charge in [0.05, 0.1) is 23.6 Å². The first-order valence-corrected chi connectivity index (χ1v) is 5.97. The lowest BCUT2D eigenvalue weighted by Gasteiger charge is -2.03. The first-order chi connectivity index (χ1) is 8.29. The lowest BCUT2D eigenvalue weighted by molar-refractivity contribution is 0.712. The van der Waals surface area contributed by atoms with Crippen LogP contribution in [0.5, 0.6) is 0 Å². The van der Waals surface area contributed by atoms with Gasteiger partial charge in [-0.3, -0.25) is 4.98 Å². The molecule has 0 atom stereocenters. The Hall–Kier alpha value is -1.39. The SMILES string of the molecule is CCNCc1cn(Cc2ccncc2Cl)cn1. The van der Waals surface area contributed by atoms with Gasteiger partial charge in [-0.1, -0.05) is 18.5 Å². The summed E-state index contributed by atoms with van der Waals surface area (Å²) in [5, 5.41) is 3.93. The molecule has 0 saturated heterocycles. The highest BCUT2D eigenvalue weighted by Crippen LogP contribution is 2.14. The standard InChI is InChI=1S/C12H15ClN4/c1-2-14-5-11-8-17(9-16-11)7-10-3-4-15-6-12(10)13/h3-4,6,8-9,14H,2,5,7H2,1H3. The molecule has 0 bridgehead atoms. The van der Waals surface area contributed by atoms with Crippen LogP contribution in [0.25, 0.3) is 0 Å². The molecule has 0 radical (unpaired) electrons. The lowest BCUT2D eigenvalue weighted by Crippen LogP contribution is -2.11. The summed E-state index contributed by atoms with van der Waals surface area (Å²) in [5.41, 5.74) is 2.09. The monoisotopic (exact) mass is 250 g/mol. The van der Waals surface area contributed by atoms with Gasteiger partial charge < -0.3 is 9.88 Å². The second kappa shape index (κ2) is 5.80. The van der Waals surface area contributed by atoms with E-state index in [0.29, 0.717) is 5.02 Å². The molecule has 0 unspecified atom stereocenters. The molecule has 0 saturated carbocycles. The van der Waals surface area contributed by atoms with E-state index >= 15 is 0 Å². The molecule has 0 aliphatic heterocycles. The predicted octanol–water partition coefficient (Wildman–Crippen LogP) is 2.09. The molecule has 0 amide bonds. The van der Waals surface area contributed by atoms with Gasteiger partial charge >= 0.3 is 0 Å². The zero-order valence-corrected chi connectivity index (χ0v) is 10.5. The van der Waals surface area contributed by atoms with E-state index in [1.165, 1.54) is 0 Å². The molecule has 2 rings (SSSR count). The van der Waals surface area contributed by atoms with E-state index in [0.717, 1.165) is 30.9 Å². The molecule has 4 nitrogen and oxygen atoms in total. The largest absolute Gasteiger partial charge is 0.333 e. The molecule has 0 aliphatic carbocycles. The summed E-state index contributed by atoms with van der Waals surface area (Å²) in [5.74, 6) is 0. The first kappa shape index (κ1) is 12.1. The molecule has 0 spiro atoms. The second-order valence-electron chi connectivity index (χ2n) is 3.78. The maximum Gasteiger partial charge on any atom is 0.0953 e. The van der Waals surface area contributed by atoms with Crippen LogP contribution >= 0.6 is 11.6 Å².